The third-order valence-electron chi connectivity index (χ3n) is 0.831. The largest absolute Gasteiger partial charge is 0.478 e. The number of rotatable bonds is 0. The second kappa shape index (κ2) is 2.20. The highest BCUT2D eigenvalue weighted by Crippen LogP contribution is 2.11. The van der Waals surface area contributed by atoms with E-state index in [0.717, 1.165) is 0 Å². The third-order valence-corrected chi connectivity index (χ3v) is 1.17. The summed E-state index contributed by atoms with van der Waals surface area (Å²) in [4.78, 5) is 0. The highest BCUT2D eigenvalue weighted by Gasteiger charge is 2.06. The molecular formula is C5H6ClNO. The summed E-state index contributed by atoms with van der Waals surface area (Å²) in [6, 6.07) is 0. The van der Waals surface area contributed by atoms with Gasteiger partial charge in [-0.2, -0.15) is 0 Å². The van der Waals surface area contributed by atoms with Gasteiger partial charge in [-0.15, -0.1) is 0 Å². The Morgan fingerprint density at radius 3 is 2.88 bits per heavy atom. The first-order valence-electron chi connectivity index (χ1n) is 2.24. The van der Waals surface area contributed by atoms with Crippen molar-refractivity contribution in [1.29, 1.82) is 0 Å². The lowest BCUT2D eigenvalue weighted by Crippen LogP contribution is -2.22. The topological polar surface area (TPSA) is 35.2 Å². The molecule has 0 aromatic carbocycles. The fourth-order valence-electron chi connectivity index (χ4n) is 0.421. The molecule has 1 rings (SSSR count). The van der Waals surface area contributed by atoms with Crippen molar-refractivity contribution in [3.63, 3.8) is 0 Å². The van der Waals surface area contributed by atoms with Crippen molar-refractivity contribution in [3.05, 3.63) is 23.4 Å². The summed E-state index contributed by atoms with van der Waals surface area (Å²) >= 11 is 5.53. The number of hydrogen-bond donors (Lipinski definition) is 1. The van der Waals surface area contributed by atoms with Gasteiger partial charge in [0.15, 0.2) is 6.23 Å². The van der Waals surface area contributed by atoms with Crippen molar-refractivity contribution in [1.82, 2.24) is 0 Å². The molecule has 0 aliphatic carbocycles. The smallest absolute Gasteiger partial charge is 0.183 e. The van der Waals surface area contributed by atoms with Crippen LogP contribution in [0.4, 0.5) is 0 Å². The maximum absolute atomic E-state index is 5.53. The molecule has 0 spiro atoms. The number of allylic oxidation sites excluding steroid dienone is 2. The molecule has 44 valence electrons. The lowest BCUT2D eigenvalue weighted by molar-refractivity contribution is 0.185. The van der Waals surface area contributed by atoms with E-state index in [1.807, 2.05) is 0 Å². The van der Waals surface area contributed by atoms with E-state index in [0.29, 0.717) is 5.03 Å². The zero-order chi connectivity index (χ0) is 5.98. The summed E-state index contributed by atoms with van der Waals surface area (Å²) in [6.07, 6.45) is 4.46. The van der Waals surface area contributed by atoms with Crippen LogP contribution < -0.4 is 5.73 Å². The van der Waals surface area contributed by atoms with Crippen LogP contribution in [0.15, 0.2) is 23.4 Å². The van der Waals surface area contributed by atoms with Crippen LogP contribution in [0.5, 0.6) is 0 Å². The molecule has 1 aliphatic rings. The minimum Gasteiger partial charge on any atom is -0.478 e. The van der Waals surface area contributed by atoms with Crippen LogP contribution in [0.2, 0.25) is 0 Å². The summed E-state index contributed by atoms with van der Waals surface area (Å²) in [5, 5.41) is 0.535. The van der Waals surface area contributed by atoms with E-state index in [1.165, 1.54) is 6.26 Å². The minimum absolute atomic E-state index is 0.457. The van der Waals surface area contributed by atoms with Gasteiger partial charge in [-0.25, -0.2) is 0 Å². The Hall–Kier alpha value is -0.470. The lowest BCUT2D eigenvalue weighted by atomic mass is 10.4. The van der Waals surface area contributed by atoms with Gasteiger partial charge in [0.25, 0.3) is 0 Å². The van der Waals surface area contributed by atoms with Crippen molar-refractivity contribution in [2.24, 2.45) is 5.73 Å². The fraction of sp³-hybridized carbons (Fsp3) is 0.200. The molecule has 0 amide bonds. The molecule has 0 fully saturated rings. The average molecular weight is 132 g/mol. The molecule has 1 aliphatic heterocycles. The van der Waals surface area contributed by atoms with Crippen LogP contribution in [-0.4, -0.2) is 6.23 Å². The van der Waals surface area contributed by atoms with Gasteiger partial charge in [-0.3, -0.25) is 5.73 Å². The van der Waals surface area contributed by atoms with Gasteiger partial charge in [0, 0.05) is 0 Å². The summed E-state index contributed by atoms with van der Waals surface area (Å²) in [5.74, 6) is 0. The maximum atomic E-state index is 5.53. The van der Waals surface area contributed by atoms with Crippen molar-refractivity contribution >= 4 is 11.6 Å². The van der Waals surface area contributed by atoms with Gasteiger partial charge < -0.3 is 4.74 Å². The molecule has 0 aromatic rings. The average Bonchev–Trinajstić information content (AvgIpc) is 1.77. The molecule has 2 N–H and O–H groups in total. The van der Waals surface area contributed by atoms with Crippen molar-refractivity contribution < 1.29 is 4.74 Å². The molecule has 0 radical (unpaired) electrons. The minimum atomic E-state index is -0.457. The van der Waals surface area contributed by atoms with E-state index >= 15 is 0 Å². The number of nitrogens with two attached hydrogens (primary N) is 1. The quantitative estimate of drug-likeness (QED) is 0.531. The molecular weight excluding hydrogens is 126 g/mol. The van der Waals surface area contributed by atoms with E-state index in [1.54, 1.807) is 12.2 Å². The van der Waals surface area contributed by atoms with E-state index in [-0.39, 0.29) is 0 Å². The standard InChI is InChI=1S/C5H6ClNO/c6-4-2-1-3-8-5(4)7/h1-3,5H,7H2. The summed E-state index contributed by atoms with van der Waals surface area (Å²) in [7, 11) is 0. The summed E-state index contributed by atoms with van der Waals surface area (Å²) < 4.78 is 4.79. The molecule has 1 heterocycles. The number of halogens is 1. The van der Waals surface area contributed by atoms with Crippen molar-refractivity contribution in [2.45, 2.75) is 6.23 Å². The highest BCUT2D eigenvalue weighted by atomic mass is 35.5. The Morgan fingerprint density at radius 1 is 1.75 bits per heavy atom. The Morgan fingerprint density at radius 2 is 2.50 bits per heavy atom. The molecule has 3 heteroatoms. The van der Waals surface area contributed by atoms with Crippen LogP contribution in [0.3, 0.4) is 0 Å². The second-order valence-corrected chi connectivity index (χ2v) is 1.87. The van der Waals surface area contributed by atoms with E-state index in [9.17, 15) is 0 Å². The van der Waals surface area contributed by atoms with Gasteiger partial charge in [0.05, 0.1) is 11.3 Å². The Kier molecular flexibility index (Phi) is 1.56. The van der Waals surface area contributed by atoms with Gasteiger partial charge in [0.2, 0.25) is 0 Å². The van der Waals surface area contributed by atoms with E-state index < -0.39 is 6.23 Å². The van der Waals surface area contributed by atoms with Crippen molar-refractivity contribution in [3.8, 4) is 0 Å². The predicted octanol–water partition coefficient (Wildman–Crippen LogP) is 0.938. The maximum Gasteiger partial charge on any atom is 0.183 e. The molecule has 0 bridgehead atoms. The van der Waals surface area contributed by atoms with E-state index in [2.05, 4.69) is 0 Å². The second-order valence-electron chi connectivity index (χ2n) is 1.44. The first-order chi connectivity index (χ1) is 3.80. The molecule has 0 saturated heterocycles. The first-order valence-corrected chi connectivity index (χ1v) is 2.62. The SMILES string of the molecule is NC1OC=CC=C1Cl. The fourth-order valence-corrected chi connectivity index (χ4v) is 0.545. The lowest BCUT2D eigenvalue weighted by Gasteiger charge is -2.11. The highest BCUT2D eigenvalue weighted by molar-refractivity contribution is 6.30. The van der Waals surface area contributed by atoms with Crippen LogP contribution in [0.1, 0.15) is 0 Å². The third kappa shape index (κ3) is 1.02. The van der Waals surface area contributed by atoms with Gasteiger partial charge in [-0.05, 0) is 12.2 Å². The summed E-state index contributed by atoms with van der Waals surface area (Å²) in [6.45, 7) is 0. The molecule has 2 nitrogen and oxygen atoms in total. The predicted molar refractivity (Wildman–Crippen MR) is 32.1 cm³/mol. The zero-order valence-corrected chi connectivity index (χ0v) is 4.93. The summed E-state index contributed by atoms with van der Waals surface area (Å²) in [5.41, 5.74) is 5.30. The first kappa shape index (κ1) is 5.66. The Bertz CT molecular complexity index is 141. The Balaban J connectivity index is 2.66. The van der Waals surface area contributed by atoms with Gasteiger partial charge in [-0.1, -0.05) is 11.6 Å². The van der Waals surface area contributed by atoms with E-state index in [4.69, 9.17) is 22.1 Å². The van der Waals surface area contributed by atoms with Crippen LogP contribution >= 0.6 is 11.6 Å². The number of hydrogen-bond acceptors (Lipinski definition) is 2. The zero-order valence-electron chi connectivity index (χ0n) is 4.17. The number of ether oxygens (including phenoxy) is 1. The van der Waals surface area contributed by atoms with Gasteiger partial charge in [0.1, 0.15) is 0 Å². The van der Waals surface area contributed by atoms with Crippen molar-refractivity contribution in [2.75, 3.05) is 0 Å². The molecule has 1 atom stereocenters. The Labute approximate surface area is 52.6 Å². The van der Waals surface area contributed by atoms with Crippen LogP contribution in [-0.2, 0) is 4.74 Å². The van der Waals surface area contributed by atoms with Crippen LogP contribution in [0, 0.1) is 0 Å². The molecule has 0 aromatic heterocycles. The molecule has 1 unspecified atom stereocenters. The van der Waals surface area contributed by atoms with Crippen LogP contribution in [0.25, 0.3) is 0 Å². The normalized spacial score (nSPS) is 26.8. The van der Waals surface area contributed by atoms with Gasteiger partial charge >= 0.3 is 0 Å². The monoisotopic (exact) mass is 131 g/mol. The molecule has 8 heavy (non-hydrogen) atoms. The molecule has 0 saturated carbocycles.